The van der Waals surface area contributed by atoms with Crippen molar-refractivity contribution in [1.29, 1.82) is 0 Å². The van der Waals surface area contributed by atoms with Crippen molar-refractivity contribution in [3.05, 3.63) is 35.9 Å². The topological polar surface area (TPSA) is 231 Å². The first kappa shape index (κ1) is 31.0. The van der Waals surface area contributed by atoms with Crippen LogP contribution in [0.15, 0.2) is 30.3 Å². The number of nitrogens with two attached hydrogens (primary N) is 2. The second-order valence-corrected chi connectivity index (χ2v) is 8.73. The van der Waals surface area contributed by atoms with Gasteiger partial charge in [-0.1, -0.05) is 50.6 Å². The first-order chi connectivity index (χ1) is 17.3. The van der Waals surface area contributed by atoms with Gasteiger partial charge in [0.1, 0.15) is 18.1 Å². The van der Waals surface area contributed by atoms with Gasteiger partial charge < -0.3 is 37.6 Å². The van der Waals surface area contributed by atoms with Crippen LogP contribution in [-0.4, -0.2) is 69.9 Å². The van der Waals surface area contributed by atoms with E-state index in [0.29, 0.717) is 12.0 Å². The van der Waals surface area contributed by atoms with E-state index in [4.69, 9.17) is 16.6 Å². The lowest BCUT2D eigenvalue weighted by molar-refractivity contribution is -0.142. The number of carboxylic acids is 2. The summed E-state index contributed by atoms with van der Waals surface area (Å²) in [5.74, 6) is -6.28. The summed E-state index contributed by atoms with van der Waals surface area (Å²) in [5.41, 5.74) is 11.4. The van der Waals surface area contributed by atoms with Crippen LogP contribution in [-0.2, 0) is 35.2 Å². The third kappa shape index (κ3) is 11.1. The number of hydrogen-bond donors (Lipinski definition) is 7. The van der Waals surface area contributed by atoms with Crippen molar-refractivity contribution in [2.45, 2.75) is 70.1 Å². The second-order valence-electron chi connectivity index (χ2n) is 8.73. The predicted molar refractivity (Wildman–Crippen MR) is 132 cm³/mol. The van der Waals surface area contributed by atoms with Crippen molar-refractivity contribution in [3.8, 4) is 0 Å². The molecule has 4 amide bonds. The highest BCUT2D eigenvalue weighted by atomic mass is 16.4. The van der Waals surface area contributed by atoms with Crippen LogP contribution < -0.4 is 27.4 Å². The molecule has 0 spiro atoms. The van der Waals surface area contributed by atoms with Crippen LogP contribution in [0.3, 0.4) is 0 Å². The fourth-order valence-electron chi connectivity index (χ4n) is 3.38. The molecule has 0 aliphatic heterocycles. The molecule has 13 nitrogen and oxygen atoms in total. The Balaban J connectivity index is 3.05. The van der Waals surface area contributed by atoms with E-state index in [-0.39, 0.29) is 19.3 Å². The molecule has 5 atom stereocenters. The predicted octanol–water partition coefficient (Wildman–Crippen LogP) is -1.12. The molecule has 0 bridgehead atoms. The number of amides is 4. The molecular weight excluding hydrogens is 486 g/mol. The first-order valence-electron chi connectivity index (χ1n) is 11.8. The SMILES string of the molecule is CCC(C)C(NC(=O)C(CCC(N)=O)NC(=O)C(N)CC(=O)O)C(=O)NC(Cc1ccccc1)C(=O)O. The fourth-order valence-corrected chi connectivity index (χ4v) is 3.38. The highest BCUT2D eigenvalue weighted by Gasteiger charge is 2.33. The normalized spacial score (nSPS) is 14.8. The number of nitrogens with one attached hydrogen (secondary N) is 3. The van der Waals surface area contributed by atoms with Crippen LogP contribution in [0, 0.1) is 5.92 Å². The third-order valence-corrected chi connectivity index (χ3v) is 5.73. The van der Waals surface area contributed by atoms with Gasteiger partial charge in [-0.15, -0.1) is 0 Å². The number of rotatable bonds is 16. The molecule has 1 aromatic rings. The summed E-state index contributed by atoms with van der Waals surface area (Å²) >= 11 is 0. The van der Waals surface area contributed by atoms with Gasteiger partial charge in [0.05, 0.1) is 12.5 Å². The Bertz CT molecular complexity index is 971. The Morgan fingerprint density at radius 3 is 2.00 bits per heavy atom. The van der Waals surface area contributed by atoms with E-state index in [1.165, 1.54) is 0 Å². The van der Waals surface area contributed by atoms with E-state index in [2.05, 4.69) is 16.0 Å². The molecule has 0 aliphatic rings. The Morgan fingerprint density at radius 2 is 1.49 bits per heavy atom. The molecular formula is C24H35N5O8. The summed E-state index contributed by atoms with van der Waals surface area (Å²) in [6.07, 6.45) is -0.748. The maximum atomic E-state index is 13.1. The minimum atomic E-state index is -1.45. The molecule has 0 heterocycles. The van der Waals surface area contributed by atoms with Gasteiger partial charge >= 0.3 is 11.9 Å². The highest BCUT2D eigenvalue weighted by Crippen LogP contribution is 2.11. The number of benzene rings is 1. The zero-order valence-corrected chi connectivity index (χ0v) is 20.8. The molecule has 0 fully saturated rings. The molecule has 0 radical (unpaired) electrons. The van der Waals surface area contributed by atoms with Crippen LogP contribution in [0.5, 0.6) is 0 Å². The molecule has 0 aliphatic carbocycles. The average Bonchev–Trinajstić information content (AvgIpc) is 2.83. The quantitative estimate of drug-likeness (QED) is 0.139. The van der Waals surface area contributed by atoms with Crippen molar-refractivity contribution in [1.82, 2.24) is 16.0 Å². The van der Waals surface area contributed by atoms with Crippen LogP contribution in [0.25, 0.3) is 0 Å². The standard InChI is InChI=1S/C24H35N5O8/c1-3-13(2)20(23(35)28-17(24(36)37)11-14-7-5-4-6-8-14)29-22(34)16(9-10-18(26)30)27-21(33)15(25)12-19(31)32/h4-8,13,15-17,20H,3,9-12,25H2,1-2H3,(H2,26,30)(H,27,33)(H,28,35)(H,29,34)(H,31,32)(H,36,37). The van der Waals surface area contributed by atoms with Gasteiger partial charge in [0.25, 0.3) is 0 Å². The number of carbonyl (C=O) groups is 6. The number of primary amides is 1. The summed E-state index contributed by atoms with van der Waals surface area (Å²) < 4.78 is 0. The fraction of sp³-hybridized carbons (Fsp3) is 0.500. The number of aliphatic carboxylic acids is 2. The Labute approximate surface area is 214 Å². The van der Waals surface area contributed by atoms with Crippen molar-refractivity contribution >= 4 is 35.6 Å². The Morgan fingerprint density at radius 1 is 0.892 bits per heavy atom. The molecule has 1 aromatic carbocycles. The molecule has 0 saturated heterocycles. The van der Waals surface area contributed by atoms with Crippen LogP contribution >= 0.6 is 0 Å². The van der Waals surface area contributed by atoms with Crippen LogP contribution in [0.2, 0.25) is 0 Å². The van der Waals surface area contributed by atoms with Gasteiger partial charge in [0.2, 0.25) is 23.6 Å². The van der Waals surface area contributed by atoms with Gasteiger partial charge in [-0.25, -0.2) is 4.79 Å². The molecule has 1 rings (SSSR count). The summed E-state index contributed by atoms with van der Waals surface area (Å²) in [4.78, 5) is 72.3. The zero-order valence-electron chi connectivity index (χ0n) is 20.8. The van der Waals surface area contributed by atoms with Crippen molar-refractivity contribution in [3.63, 3.8) is 0 Å². The lowest BCUT2D eigenvalue weighted by atomic mass is 9.96. The molecule has 9 N–H and O–H groups in total. The van der Waals surface area contributed by atoms with Gasteiger partial charge in [0.15, 0.2) is 0 Å². The first-order valence-corrected chi connectivity index (χ1v) is 11.8. The average molecular weight is 522 g/mol. The van der Waals surface area contributed by atoms with E-state index in [1.54, 1.807) is 44.2 Å². The minimum Gasteiger partial charge on any atom is -0.481 e. The summed E-state index contributed by atoms with van der Waals surface area (Å²) in [6, 6.07) is 3.45. The Kier molecular flexibility index (Phi) is 12.7. The lowest BCUT2D eigenvalue weighted by Crippen LogP contribution is -2.59. The number of carboxylic acid groups (broad SMARTS) is 2. The maximum Gasteiger partial charge on any atom is 0.326 e. The van der Waals surface area contributed by atoms with E-state index >= 15 is 0 Å². The van der Waals surface area contributed by atoms with Crippen molar-refractivity contribution < 1.29 is 39.0 Å². The Hall–Kier alpha value is -4.00. The zero-order chi connectivity index (χ0) is 28.1. The molecule has 204 valence electrons. The minimum absolute atomic E-state index is 0.0157. The van der Waals surface area contributed by atoms with Gasteiger partial charge in [-0.05, 0) is 17.9 Å². The molecule has 5 unspecified atom stereocenters. The maximum absolute atomic E-state index is 13.1. The lowest BCUT2D eigenvalue weighted by Gasteiger charge is -2.28. The molecule has 0 saturated carbocycles. The molecule has 37 heavy (non-hydrogen) atoms. The summed E-state index contributed by atoms with van der Waals surface area (Å²) in [6.45, 7) is 3.45. The van der Waals surface area contributed by atoms with Crippen LogP contribution in [0.1, 0.15) is 45.1 Å². The largest absolute Gasteiger partial charge is 0.481 e. The van der Waals surface area contributed by atoms with Crippen molar-refractivity contribution in [2.24, 2.45) is 17.4 Å². The third-order valence-electron chi connectivity index (χ3n) is 5.73. The number of carbonyl (C=O) groups excluding carboxylic acids is 4. The van der Waals surface area contributed by atoms with E-state index < -0.39 is 72.1 Å². The van der Waals surface area contributed by atoms with Gasteiger partial charge in [-0.2, -0.15) is 0 Å². The van der Waals surface area contributed by atoms with E-state index in [1.807, 2.05) is 0 Å². The van der Waals surface area contributed by atoms with Gasteiger partial charge in [0, 0.05) is 12.8 Å². The summed E-state index contributed by atoms with van der Waals surface area (Å²) in [7, 11) is 0. The van der Waals surface area contributed by atoms with E-state index in [9.17, 15) is 33.9 Å². The second kappa shape index (κ2) is 15.2. The number of hydrogen-bond acceptors (Lipinski definition) is 7. The summed E-state index contributed by atoms with van der Waals surface area (Å²) in [5, 5.41) is 25.7. The van der Waals surface area contributed by atoms with Crippen molar-refractivity contribution in [2.75, 3.05) is 0 Å². The monoisotopic (exact) mass is 521 g/mol. The highest BCUT2D eigenvalue weighted by molar-refractivity contribution is 5.95. The van der Waals surface area contributed by atoms with Gasteiger partial charge in [-0.3, -0.25) is 24.0 Å². The van der Waals surface area contributed by atoms with E-state index in [0.717, 1.165) is 0 Å². The van der Waals surface area contributed by atoms with Crippen LogP contribution in [0.4, 0.5) is 0 Å². The molecule has 0 aromatic heterocycles. The smallest absolute Gasteiger partial charge is 0.326 e. The molecule has 13 heteroatoms.